The minimum Gasteiger partial charge on any atom is -0.489 e. The number of ether oxygens (including phenoxy) is 1. The normalized spacial score (nSPS) is 13.9. The van der Waals surface area contributed by atoms with E-state index < -0.39 is 0 Å². The number of hydrogen-bond donors (Lipinski definition) is 0. The maximum Gasteiger partial charge on any atom is 0.145 e. The molecule has 1 aromatic carbocycles. The summed E-state index contributed by atoms with van der Waals surface area (Å²) in [6.45, 7) is 4.54. The van der Waals surface area contributed by atoms with Gasteiger partial charge < -0.3 is 9.64 Å². The van der Waals surface area contributed by atoms with Gasteiger partial charge in [0.25, 0.3) is 0 Å². The molecule has 1 aliphatic rings. The van der Waals surface area contributed by atoms with Crippen LogP contribution in [0.3, 0.4) is 0 Å². The molecule has 2 rings (SSSR count). The third-order valence-corrected chi connectivity index (χ3v) is 2.81. The maximum absolute atomic E-state index is 9.11. The monoisotopic (exact) mass is 236 g/mol. The summed E-state index contributed by atoms with van der Waals surface area (Å²) in [5.74, 6) is 0.726. The molecule has 0 saturated heterocycles. The largest absolute Gasteiger partial charge is 0.489 e. The van der Waals surface area contributed by atoms with Crippen LogP contribution in [-0.4, -0.2) is 19.7 Å². The highest BCUT2D eigenvalue weighted by Gasteiger charge is 2.21. The molecule has 1 heterocycles. The van der Waals surface area contributed by atoms with E-state index in [1.54, 1.807) is 12.1 Å². The lowest BCUT2D eigenvalue weighted by atomic mass is 10.1. The van der Waals surface area contributed by atoms with Gasteiger partial charge in [-0.15, -0.1) is 0 Å². The van der Waals surface area contributed by atoms with Crippen LogP contribution in [0, 0.1) is 11.3 Å². The molecule has 1 aromatic rings. The van der Waals surface area contributed by atoms with Gasteiger partial charge in [-0.05, 0) is 12.5 Å². The average molecular weight is 237 g/mol. The fourth-order valence-electron chi connectivity index (χ4n) is 1.97. The van der Waals surface area contributed by atoms with E-state index in [4.69, 9.17) is 21.6 Å². The van der Waals surface area contributed by atoms with Crippen LogP contribution in [0.4, 0.5) is 5.69 Å². The van der Waals surface area contributed by atoms with Crippen LogP contribution in [0.25, 0.3) is 0 Å². The van der Waals surface area contributed by atoms with Crippen LogP contribution in [0.15, 0.2) is 12.1 Å². The Hall–Kier alpha value is -1.40. The van der Waals surface area contributed by atoms with Crippen LogP contribution in [0.1, 0.15) is 18.9 Å². The summed E-state index contributed by atoms with van der Waals surface area (Å²) in [7, 11) is 0. The van der Waals surface area contributed by atoms with Crippen molar-refractivity contribution in [2.24, 2.45) is 0 Å². The summed E-state index contributed by atoms with van der Waals surface area (Å²) in [4.78, 5) is 2.19. The number of nitrogens with zero attached hydrogens (tertiary/aromatic N) is 2. The molecule has 0 radical (unpaired) electrons. The molecule has 0 aromatic heterocycles. The second-order valence-electron chi connectivity index (χ2n) is 3.75. The molecule has 84 valence electrons. The van der Waals surface area contributed by atoms with E-state index in [1.807, 2.05) is 0 Å². The zero-order valence-electron chi connectivity index (χ0n) is 9.16. The molecule has 0 aliphatic carbocycles. The summed E-state index contributed by atoms with van der Waals surface area (Å²) in [5.41, 5.74) is 1.48. The van der Waals surface area contributed by atoms with Crippen molar-refractivity contribution in [1.82, 2.24) is 0 Å². The number of fused-ring (bicyclic) bond motifs is 1. The van der Waals surface area contributed by atoms with Gasteiger partial charge in [0.1, 0.15) is 18.4 Å². The van der Waals surface area contributed by atoms with Crippen LogP contribution in [0.2, 0.25) is 5.02 Å². The van der Waals surface area contributed by atoms with Gasteiger partial charge in [-0.2, -0.15) is 5.26 Å². The lowest BCUT2D eigenvalue weighted by Crippen LogP contribution is -2.33. The standard InChI is InChI=1S/C12H13ClN2O/c1-2-3-15-4-5-16-11-7-10(13)6-9(8-14)12(11)15/h6-7H,2-5H2,1H3. The molecule has 0 bridgehead atoms. The molecule has 4 heteroatoms. The average Bonchev–Trinajstić information content (AvgIpc) is 2.28. The molecular formula is C12H13ClN2O. The number of nitriles is 1. The Kier molecular flexibility index (Phi) is 3.21. The number of benzene rings is 1. The summed E-state index contributed by atoms with van der Waals surface area (Å²) in [6, 6.07) is 5.65. The first-order chi connectivity index (χ1) is 7.76. The van der Waals surface area contributed by atoms with Crippen molar-refractivity contribution in [1.29, 1.82) is 5.26 Å². The molecule has 0 amide bonds. The first-order valence-corrected chi connectivity index (χ1v) is 5.75. The molecule has 3 nitrogen and oxygen atoms in total. The van der Waals surface area contributed by atoms with Crippen molar-refractivity contribution < 1.29 is 4.74 Å². The van der Waals surface area contributed by atoms with Gasteiger partial charge in [0.15, 0.2) is 0 Å². The lowest BCUT2D eigenvalue weighted by Gasteiger charge is -2.31. The topological polar surface area (TPSA) is 36.3 Å². The highest BCUT2D eigenvalue weighted by molar-refractivity contribution is 6.31. The van der Waals surface area contributed by atoms with E-state index >= 15 is 0 Å². The number of hydrogen-bond acceptors (Lipinski definition) is 3. The predicted molar refractivity (Wildman–Crippen MR) is 64.2 cm³/mol. The fourth-order valence-corrected chi connectivity index (χ4v) is 2.17. The zero-order valence-corrected chi connectivity index (χ0v) is 9.92. The third-order valence-electron chi connectivity index (χ3n) is 2.59. The Bertz CT molecular complexity index is 439. The summed E-state index contributed by atoms with van der Waals surface area (Å²) >= 11 is 5.94. The van der Waals surface area contributed by atoms with Crippen molar-refractivity contribution in [2.75, 3.05) is 24.6 Å². The fraction of sp³-hybridized carbons (Fsp3) is 0.417. The first kappa shape index (κ1) is 11.1. The Balaban J connectivity index is 2.49. The quantitative estimate of drug-likeness (QED) is 0.792. The van der Waals surface area contributed by atoms with Crippen LogP contribution in [-0.2, 0) is 0 Å². The highest BCUT2D eigenvalue weighted by Crippen LogP contribution is 2.37. The lowest BCUT2D eigenvalue weighted by molar-refractivity contribution is 0.307. The molecule has 0 atom stereocenters. The van der Waals surface area contributed by atoms with E-state index in [2.05, 4.69) is 17.9 Å². The molecule has 0 saturated carbocycles. The van der Waals surface area contributed by atoms with Gasteiger partial charge in [-0.3, -0.25) is 0 Å². The van der Waals surface area contributed by atoms with Gasteiger partial charge in [-0.25, -0.2) is 0 Å². The second kappa shape index (κ2) is 4.63. The van der Waals surface area contributed by atoms with Crippen LogP contribution >= 0.6 is 11.6 Å². The van der Waals surface area contributed by atoms with Crippen molar-refractivity contribution in [3.63, 3.8) is 0 Å². The smallest absolute Gasteiger partial charge is 0.145 e. The Morgan fingerprint density at radius 2 is 2.38 bits per heavy atom. The van der Waals surface area contributed by atoms with Gasteiger partial charge in [0.05, 0.1) is 17.8 Å². The molecule has 0 unspecified atom stereocenters. The Morgan fingerprint density at radius 3 is 3.06 bits per heavy atom. The predicted octanol–water partition coefficient (Wildman–Crippen LogP) is 2.82. The van der Waals surface area contributed by atoms with Crippen LogP contribution in [0.5, 0.6) is 5.75 Å². The highest BCUT2D eigenvalue weighted by atomic mass is 35.5. The zero-order chi connectivity index (χ0) is 11.5. The first-order valence-electron chi connectivity index (χ1n) is 5.37. The molecule has 0 N–H and O–H groups in total. The Morgan fingerprint density at radius 1 is 1.56 bits per heavy atom. The SMILES string of the molecule is CCCN1CCOc2cc(Cl)cc(C#N)c21. The molecule has 16 heavy (non-hydrogen) atoms. The van der Waals surface area contributed by atoms with E-state index in [-0.39, 0.29) is 0 Å². The van der Waals surface area contributed by atoms with E-state index in [0.717, 1.165) is 30.9 Å². The second-order valence-corrected chi connectivity index (χ2v) is 4.18. The minimum atomic E-state index is 0.550. The maximum atomic E-state index is 9.11. The summed E-state index contributed by atoms with van der Waals surface area (Å²) in [6.07, 6.45) is 1.05. The molecular weight excluding hydrogens is 224 g/mol. The molecule has 0 fully saturated rings. The number of halogens is 1. The van der Waals surface area contributed by atoms with Gasteiger partial charge in [0.2, 0.25) is 0 Å². The number of rotatable bonds is 2. The van der Waals surface area contributed by atoms with Crippen molar-refractivity contribution in [2.45, 2.75) is 13.3 Å². The van der Waals surface area contributed by atoms with Crippen LogP contribution < -0.4 is 9.64 Å². The van der Waals surface area contributed by atoms with Crippen molar-refractivity contribution >= 4 is 17.3 Å². The van der Waals surface area contributed by atoms with Crippen molar-refractivity contribution in [3.05, 3.63) is 22.7 Å². The third kappa shape index (κ3) is 1.94. The van der Waals surface area contributed by atoms with Crippen molar-refractivity contribution in [3.8, 4) is 11.8 Å². The minimum absolute atomic E-state index is 0.550. The summed E-state index contributed by atoms with van der Waals surface area (Å²) < 4.78 is 5.55. The van der Waals surface area contributed by atoms with E-state index in [9.17, 15) is 0 Å². The van der Waals surface area contributed by atoms with E-state index in [0.29, 0.717) is 17.2 Å². The van der Waals surface area contributed by atoms with Gasteiger partial charge >= 0.3 is 0 Å². The Labute approximate surface area is 100 Å². The molecule has 0 spiro atoms. The number of anilines is 1. The van der Waals surface area contributed by atoms with E-state index in [1.165, 1.54) is 0 Å². The molecule has 1 aliphatic heterocycles. The van der Waals surface area contributed by atoms with Gasteiger partial charge in [-0.1, -0.05) is 18.5 Å². The summed E-state index contributed by atoms with van der Waals surface area (Å²) in [5, 5.41) is 9.66. The van der Waals surface area contributed by atoms with Gasteiger partial charge in [0, 0.05) is 17.6 Å².